The lowest BCUT2D eigenvalue weighted by molar-refractivity contribution is -0.115. The number of halogens is 1. The van der Waals surface area contributed by atoms with Gasteiger partial charge >= 0.3 is 0 Å². The first-order valence-electron chi connectivity index (χ1n) is 8.87. The zero-order chi connectivity index (χ0) is 18.2. The summed E-state index contributed by atoms with van der Waals surface area (Å²) in [6.45, 7) is 5.45. The average Bonchev–Trinajstić information content (AvgIpc) is 2.66. The molecular formula is C20H24FN3O2. The van der Waals surface area contributed by atoms with Gasteiger partial charge in [0.05, 0.1) is 19.6 Å². The van der Waals surface area contributed by atoms with Gasteiger partial charge in [0.15, 0.2) is 0 Å². The third kappa shape index (κ3) is 5.82. The second kappa shape index (κ2) is 9.31. The summed E-state index contributed by atoms with van der Waals surface area (Å²) in [7, 11) is 0. The Morgan fingerprint density at radius 3 is 2.35 bits per heavy atom. The van der Waals surface area contributed by atoms with Crippen molar-refractivity contribution >= 4 is 17.3 Å². The van der Waals surface area contributed by atoms with Crippen LogP contribution in [0.1, 0.15) is 5.56 Å². The second-order valence-corrected chi connectivity index (χ2v) is 6.31. The summed E-state index contributed by atoms with van der Waals surface area (Å²) in [6.07, 6.45) is 0.222. The number of rotatable bonds is 7. The van der Waals surface area contributed by atoms with Crippen molar-refractivity contribution in [3.63, 3.8) is 0 Å². The Kier molecular flexibility index (Phi) is 6.57. The number of carbonyl (C=O) groups is 1. The van der Waals surface area contributed by atoms with Crippen molar-refractivity contribution in [2.75, 3.05) is 50.0 Å². The fraction of sp³-hybridized carbons (Fsp3) is 0.350. The van der Waals surface area contributed by atoms with Crippen molar-refractivity contribution in [2.45, 2.75) is 6.42 Å². The van der Waals surface area contributed by atoms with Gasteiger partial charge < -0.3 is 15.4 Å². The fourth-order valence-electron chi connectivity index (χ4n) is 2.85. The fourth-order valence-corrected chi connectivity index (χ4v) is 2.85. The van der Waals surface area contributed by atoms with Gasteiger partial charge in [-0.15, -0.1) is 0 Å². The van der Waals surface area contributed by atoms with Gasteiger partial charge in [0, 0.05) is 37.6 Å². The lowest BCUT2D eigenvalue weighted by Gasteiger charge is -2.26. The van der Waals surface area contributed by atoms with Gasteiger partial charge in [0.1, 0.15) is 5.82 Å². The van der Waals surface area contributed by atoms with Gasteiger partial charge in [-0.25, -0.2) is 4.39 Å². The molecule has 0 aliphatic carbocycles. The van der Waals surface area contributed by atoms with Crippen LogP contribution in [0, 0.1) is 5.82 Å². The molecule has 0 unspecified atom stereocenters. The number of nitrogens with zero attached hydrogens (tertiary/aromatic N) is 1. The van der Waals surface area contributed by atoms with Crippen LogP contribution in [-0.2, 0) is 16.0 Å². The Morgan fingerprint density at radius 1 is 1.00 bits per heavy atom. The summed E-state index contributed by atoms with van der Waals surface area (Å²) in [5, 5.41) is 6.24. The summed E-state index contributed by atoms with van der Waals surface area (Å²) >= 11 is 0. The van der Waals surface area contributed by atoms with E-state index >= 15 is 0 Å². The Bertz CT molecular complexity index is 698. The topological polar surface area (TPSA) is 53.6 Å². The number of hydrogen-bond donors (Lipinski definition) is 2. The zero-order valence-corrected chi connectivity index (χ0v) is 14.7. The second-order valence-electron chi connectivity index (χ2n) is 6.31. The Hall–Kier alpha value is -2.44. The van der Waals surface area contributed by atoms with E-state index in [1.54, 1.807) is 12.1 Å². The molecule has 2 aromatic rings. The molecule has 0 aromatic heterocycles. The van der Waals surface area contributed by atoms with Gasteiger partial charge in [0.25, 0.3) is 0 Å². The summed E-state index contributed by atoms with van der Waals surface area (Å²) in [5.74, 6) is -0.421. The van der Waals surface area contributed by atoms with Crippen LogP contribution < -0.4 is 10.6 Å². The minimum absolute atomic E-state index is 0.121. The molecule has 138 valence electrons. The van der Waals surface area contributed by atoms with E-state index in [0.717, 1.165) is 56.3 Å². The van der Waals surface area contributed by atoms with Gasteiger partial charge in [-0.3, -0.25) is 9.69 Å². The highest BCUT2D eigenvalue weighted by atomic mass is 19.1. The first-order valence-corrected chi connectivity index (χ1v) is 8.87. The van der Waals surface area contributed by atoms with Crippen LogP contribution in [0.4, 0.5) is 15.8 Å². The van der Waals surface area contributed by atoms with Crippen molar-refractivity contribution in [3.8, 4) is 0 Å². The zero-order valence-electron chi connectivity index (χ0n) is 14.7. The third-order valence-electron chi connectivity index (χ3n) is 4.31. The van der Waals surface area contributed by atoms with Crippen LogP contribution in [0.15, 0.2) is 48.5 Å². The van der Waals surface area contributed by atoms with Crippen LogP contribution in [0.2, 0.25) is 0 Å². The quantitative estimate of drug-likeness (QED) is 0.800. The smallest absolute Gasteiger partial charge is 0.228 e. The van der Waals surface area contributed by atoms with Crippen molar-refractivity contribution in [1.29, 1.82) is 0 Å². The summed E-state index contributed by atoms with van der Waals surface area (Å²) in [6, 6.07) is 13.6. The van der Waals surface area contributed by atoms with Crippen molar-refractivity contribution in [3.05, 3.63) is 59.9 Å². The van der Waals surface area contributed by atoms with E-state index in [-0.39, 0.29) is 18.1 Å². The van der Waals surface area contributed by atoms with Crippen molar-refractivity contribution < 1.29 is 13.9 Å². The predicted octanol–water partition coefficient (Wildman–Crippen LogP) is 2.75. The molecule has 0 radical (unpaired) electrons. The van der Waals surface area contributed by atoms with Crippen molar-refractivity contribution in [2.24, 2.45) is 0 Å². The largest absolute Gasteiger partial charge is 0.384 e. The molecule has 0 saturated carbocycles. The summed E-state index contributed by atoms with van der Waals surface area (Å²) < 4.78 is 18.2. The molecule has 0 atom stereocenters. The minimum atomic E-state index is -0.300. The molecular weight excluding hydrogens is 333 g/mol. The number of ether oxygens (including phenoxy) is 1. The molecule has 3 rings (SSSR count). The van der Waals surface area contributed by atoms with Gasteiger partial charge in [-0.2, -0.15) is 0 Å². The van der Waals surface area contributed by atoms with Crippen LogP contribution in [0.3, 0.4) is 0 Å². The molecule has 1 fully saturated rings. The van der Waals surface area contributed by atoms with Gasteiger partial charge in [0.2, 0.25) is 5.91 Å². The molecule has 1 amide bonds. The molecule has 0 spiro atoms. The van der Waals surface area contributed by atoms with Gasteiger partial charge in [-0.1, -0.05) is 12.1 Å². The maximum absolute atomic E-state index is 12.9. The summed E-state index contributed by atoms with van der Waals surface area (Å²) in [4.78, 5) is 14.4. The Morgan fingerprint density at radius 2 is 1.65 bits per heavy atom. The number of morpholine rings is 1. The van der Waals surface area contributed by atoms with E-state index in [9.17, 15) is 9.18 Å². The molecule has 1 heterocycles. The Labute approximate surface area is 153 Å². The number of nitrogens with one attached hydrogen (secondary N) is 2. The number of carbonyl (C=O) groups excluding carboxylic acids is 1. The molecule has 1 aliphatic heterocycles. The molecule has 0 bridgehead atoms. The number of hydrogen-bond acceptors (Lipinski definition) is 4. The average molecular weight is 357 g/mol. The first kappa shape index (κ1) is 18.4. The molecule has 2 N–H and O–H groups in total. The molecule has 6 heteroatoms. The lowest BCUT2D eigenvalue weighted by Crippen LogP contribution is -2.38. The molecule has 26 heavy (non-hydrogen) atoms. The maximum atomic E-state index is 12.9. The molecule has 1 aliphatic rings. The van der Waals surface area contributed by atoms with E-state index in [1.807, 2.05) is 24.3 Å². The van der Waals surface area contributed by atoms with E-state index < -0.39 is 0 Å². The highest BCUT2D eigenvalue weighted by molar-refractivity contribution is 5.92. The Balaban J connectivity index is 1.41. The maximum Gasteiger partial charge on any atom is 0.228 e. The molecule has 1 saturated heterocycles. The number of anilines is 2. The molecule has 5 nitrogen and oxygen atoms in total. The van der Waals surface area contributed by atoms with Crippen LogP contribution >= 0.6 is 0 Å². The third-order valence-corrected chi connectivity index (χ3v) is 4.31. The van der Waals surface area contributed by atoms with E-state index in [1.165, 1.54) is 12.1 Å². The number of benzene rings is 2. The molecule has 2 aromatic carbocycles. The van der Waals surface area contributed by atoms with Gasteiger partial charge in [-0.05, 0) is 42.0 Å². The van der Waals surface area contributed by atoms with Crippen molar-refractivity contribution in [1.82, 2.24) is 4.90 Å². The monoisotopic (exact) mass is 357 g/mol. The van der Waals surface area contributed by atoms with E-state index in [2.05, 4.69) is 15.5 Å². The highest BCUT2D eigenvalue weighted by Crippen LogP contribution is 2.14. The standard InChI is InChI=1S/C20H24FN3O2/c21-17-3-1-16(2-4-17)15-20(25)23-19-7-5-18(6-8-19)22-9-10-24-11-13-26-14-12-24/h1-8,22H,9-15H2,(H,23,25). The normalized spacial score (nSPS) is 14.8. The van der Waals surface area contributed by atoms with E-state index in [4.69, 9.17) is 4.74 Å². The minimum Gasteiger partial charge on any atom is -0.384 e. The summed E-state index contributed by atoms with van der Waals surface area (Å²) in [5.41, 5.74) is 2.55. The van der Waals surface area contributed by atoms with E-state index in [0.29, 0.717) is 0 Å². The van der Waals surface area contributed by atoms with Crippen LogP contribution in [-0.4, -0.2) is 50.2 Å². The first-order chi connectivity index (χ1) is 12.7. The van der Waals surface area contributed by atoms with Crippen LogP contribution in [0.25, 0.3) is 0 Å². The number of amides is 1. The SMILES string of the molecule is O=C(Cc1ccc(F)cc1)Nc1ccc(NCCN2CCOCC2)cc1. The van der Waals surface area contributed by atoms with Crippen LogP contribution in [0.5, 0.6) is 0 Å². The highest BCUT2D eigenvalue weighted by Gasteiger charge is 2.09. The predicted molar refractivity (Wildman–Crippen MR) is 101 cm³/mol. The lowest BCUT2D eigenvalue weighted by atomic mass is 10.1.